The Hall–Kier alpha value is -1.48. The summed E-state index contributed by atoms with van der Waals surface area (Å²) in [4.78, 5) is 5.60. The highest BCUT2D eigenvalue weighted by Crippen LogP contribution is 2.30. The first-order valence-electron chi connectivity index (χ1n) is 7.57. The van der Waals surface area contributed by atoms with E-state index in [2.05, 4.69) is 33.1 Å². The normalized spacial score (nSPS) is 10.7. The Morgan fingerprint density at radius 2 is 2.08 bits per heavy atom. The van der Waals surface area contributed by atoms with E-state index in [4.69, 9.17) is 9.47 Å². The van der Waals surface area contributed by atoms with Crippen LogP contribution in [0.3, 0.4) is 0 Å². The van der Waals surface area contributed by atoms with Crippen molar-refractivity contribution in [3.8, 4) is 11.5 Å². The zero-order valence-electron chi connectivity index (χ0n) is 14.2. The third kappa shape index (κ3) is 6.20. The number of anilines is 1. The van der Waals surface area contributed by atoms with E-state index >= 15 is 0 Å². The molecular weight excluding hydrogens is 437 g/mol. The Labute approximate surface area is 164 Å². The fraction of sp³-hybridized carbons (Fsp3) is 0.353. The van der Waals surface area contributed by atoms with Crippen molar-refractivity contribution in [1.82, 2.24) is 5.32 Å². The molecular formula is C17H24IN3O2S. The number of nitrogens with one attached hydrogen (secondary N) is 2. The van der Waals surface area contributed by atoms with Crippen molar-refractivity contribution >= 4 is 47.0 Å². The number of hydrogen-bond acceptors (Lipinski definition) is 4. The monoisotopic (exact) mass is 461 g/mol. The van der Waals surface area contributed by atoms with E-state index in [1.54, 1.807) is 25.5 Å². The smallest absolute Gasteiger partial charge is 0.195 e. The van der Waals surface area contributed by atoms with Crippen molar-refractivity contribution in [3.05, 3.63) is 40.6 Å². The first-order valence-corrected chi connectivity index (χ1v) is 8.45. The molecule has 0 atom stereocenters. The van der Waals surface area contributed by atoms with Gasteiger partial charge in [0, 0.05) is 30.2 Å². The Bertz CT molecular complexity index is 633. The van der Waals surface area contributed by atoms with Crippen LogP contribution in [0.2, 0.25) is 0 Å². The lowest BCUT2D eigenvalue weighted by Gasteiger charge is -2.14. The van der Waals surface area contributed by atoms with Gasteiger partial charge in [-0.3, -0.25) is 4.99 Å². The van der Waals surface area contributed by atoms with Crippen molar-refractivity contribution in [1.29, 1.82) is 0 Å². The molecule has 2 rings (SSSR count). The molecule has 1 aromatic carbocycles. The summed E-state index contributed by atoms with van der Waals surface area (Å²) in [5.74, 6) is 2.17. The lowest BCUT2D eigenvalue weighted by molar-refractivity contribution is 0.311. The molecule has 1 aromatic heterocycles. The quantitative estimate of drug-likeness (QED) is 0.372. The molecule has 0 amide bonds. The van der Waals surface area contributed by atoms with Crippen molar-refractivity contribution in [2.45, 2.75) is 13.3 Å². The van der Waals surface area contributed by atoms with Crippen molar-refractivity contribution in [2.24, 2.45) is 4.99 Å². The van der Waals surface area contributed by atoms with Gasteiger partial charge in [-0.25, -0.2) is 0 Å². The minimum absolute atomic E-state index is 0. The molecule has 0 saturated carbocycles. The molecule has 0 fully saturated rings. The van der Waals surface area contributed by atoms with Crippen LogP contribution in [0.15, 0.2) is 40.7 Å². The summed E-state index contributed by atoms with van der Waals surface area (Å²) in [7, 11) is 3.39. The molecule has 0 aliphatic carbocycles. The number of aliphatic imine (C=N–C) groups is 1. The van der Waals surface area contributed by atoms with Crippen LogP contribution in [0.1, 0.15) is 11.8 Å². The van der Waals surface area contributed by atoms with E-state index in [0.29, 0.717) is 12.4 Å². The van der Waals surface area contributed by atoms with Gasteiger partial charge in [-0.05, 0) is 36.9 Å². The fourth-order valence-electron chi connectivity index (χ4n) is 2.10. The van der Waals surface area contributed by atoms with Gasteiger partial charge in [0.2, 0.25) is 0 Å². The van der Waals surface area contributed by atoms with Crippen molar-refractivity contribution < 1.29 is 9.47 Å². The predicted octanol–water partition coefficient (Wildman–Crippen LogP) is 4.00. The first-order chi connectivity index (χ1) is 11.3. The lowest BCUT2D eigenvalue weighted by atomic mass is 10.2. The SMILES string of the molecule is CCOc1cc(NC(=NC)NCCc2cccs2)ccc1OC.I. The lowest BCUT2D eigenvalue weighted by Crippen LogP contribution is -2.32. The predicted molar refractivity (Wildman–Crippen MR) is 113 cm³/mol. The van der Waals surface area contributed by atoms with Gasteiger partial charge in [-0.2, -0.15) is 0 Å². The number of benzene rings is 1. The van der Waals surface area contributed by atoms with E-state index in [-0.39, 0.29) is 24.0 Å². The number of nitrogens with zero attached hydrogens (tertiary/aromatic N) is 1. The van der Waals surface area contributed by atoms with Crippen LogP contribution < -0.4 is 20.1 Å². The van der Waals surface area contributed by atoms with Crippen molar-refractivity contribution in [3.63, 3.8) is 0 Å². The number of rotatable bonds is 7. The number of guanidine groups is 1. The molecule has 2 N–H and O–H groups in total. The largest absolute Gasteiger partial charge is 0.493 e. The van der Waals surface area contributed by atoms with Crippen LogP contribution in [0.25, 0.3) is 0 Å². The molecule has 132 valence electrons. The maximum Gasteiger partial charge on any atom is 0.195 e. The highest BCUT2D eigenvalue weighted by Gasteiger charge is 2.07. The second-order valence-electron chi connectivity index (χ2n) is 4.75. The number of methoxy groups -OCH3 is 1. The summed E-state index contributed by atoms with van der Waals surface area (Å²) in [5.41, 5.74) is 0.901. The highest BCUT2D eigenvalue weighted by atomic mass is 127. The summed E-state index contributed by atoms with van der Waals surface area (Å²) in [6.07, 6.45) is 0.977. The molecule has 0 saturated heterocycles. The summed E-state index contributed by atoms with van der Waals surface area (Å²) < 4.78 is 10.9. The zero-order chi connectivity index (χ0) is 16.5. The zero-order valence-corrected chi connectivity index (χ0v) is 17.3. The molecule has 0 aliphatic heterocycles. The van der Waals surface area contributed by atoms with E-state index in [9.17, 15) is 0 Å². The summed E-state index contributed by atoms with van der Waals surface area (Å²) in [6, 6.07) is 9.94. The van der Waals surface area contributed by atoms with Crippen LogP contribution in [0, 0.1) is 0 Å². The maximum absolute atomic E-state index is 5.59. The molecule has 7 heteroatoms. The highest BCUT2D eigenvalue weighted by molar-refractivity contribution is 14.0. The van der Waals surface area contributed by atoms with E-state index in [1.807, 2.05) is 25.1 Å². The van der Waals surface area contributed by atoms with E-state index in [0.717, 1.165) is 30.4 Å². The molecule has 2 aromatic rings. The second kappa shape index (κ2) is 11.1. The Morgan fingerprint density at radius 3 is 2.71 bits per heavy atom. The average molecular weight is 461 g/mol. The number of halogens is 1. The van der Waals surface area contributed by atoms with Gasteiger partial charge in [0.05, 0.1) is 13.7 Å². The molecule has 0 radical (unpaired) electrons. The number of ether oxygens (including phenoxy) is 2. The van der Waals surface area contributed by atoms with Crippen LogP contribution in [0.4, 0.5) is 5.69 Å². The van der Waals surface area contributed by atoms with Crippen LogP contribution in [0.5, 0.6) is 11.5 Å². The minimum atomic E-state index is 0. The van der Waals surface area contributed by atoms with Gasteiger partial charge >= 0.3 is 0 Å². The molecule has 0 unspecified atom stereocenters. The molecule has 0 spiro atoms. The third-order valence-electron chi connectivity index (χ3n) is 3.19. The molecule has 5 nitrogen and oxygen atoms in total. The summed E-state index contributed by atoms with van der Waals surface area (Å²) >= 11 is 1.77. The van der Waals surface area contributed by atoms with Gasteiger partial charge in [0.25, 0.3) is 0 Å². The average Bonchev–Trinajstić information content (AvgIpc) is 3.08. The second-order valence-corrected chi connectivity index (χ2v) is 5.78. The van der Waals surface area contributed by atoms with Crippen LogP contribution >= 0.6 is 35.3 Å². The van der Waals surface area contributed by atoms with Crippen LogP contribution in [-0.4, -0.2) is 33.3 Å². The van der Waals surface area contributed by atoms with Gasteiger partial charge in [-0.1, -0.05) is 6.07 Å². The van der Waals surface area contributed by atoms with Gasteiger partial charge in [-0.15, -0.1) is 35.3 Å². The van der Waals surface area contributed by atoms with Gasteiger partial charge < -0.3 is 20.1 Å². The molecule has 1 heterocycles. The maximum atomic E-state index is 5.59. The third-order valence-corrected chi connectivity index (χ3v) is 4.13. The van der Waals surface area contributed by atoms with Crippen LogP contribution in [-0.2, 0) is 6.42 Å². The standard InChI is InChI=1S/C17H23N3O2S.HI/c1-4-22-16-12-13(7-8-15(16)21-3)20-17(18-2)19-10-9-14-6-5-11-23-14;/h5-8,11-12H,4,9-10H2,1-3H3,(H2,18,19,20);1H. The van der Waals surface area contributed by atoms with Crippen molar-refractivity contribution in [2.75, 3.05) is 32.6 Å². The fourth-order valence-corrected chi connectivity index (χ4v) is 2.81. The Kier molecular flexibility index (Phi) is 9.55. The molecule has 0 bridgehead atoms. The van der Waals surface area contributed by atoms with Gasteiger partial charge in [0.1, 0.15) is 0 Å². The molecule has 24 heavy (non-hydrogen) atoms. The Balaban J connectivity index is 0.00000288. The first kappa shape index (κ1) is 20.6. The number of hydrogen-bond donors (Lipinski definition) is 2. The van der Waals surface area contributed by atoms with E-state index in [1.165, 1.54) is 4.88 Å². The summed E-state index contributed by atoms with van der Waals surface area (Å²) in [6.45, 7) is 3.37. The topological polar surface area (TPSA) is 54.9 Å². The van der Waals surface area contributed by atoms with Gasteiger partial charge in [0.15, 0.2) is 17.5 Å². The molecule has 0 aliphatic rings. The summed E-state index contributed by atoms with van der Waals surface area (Å²) in [5, 5.41) is 8.67. The minimum Gasteiger partial charge on any atom is -0.493 e. The number of thiophene rings is 1. The Morgan fingerprint density at radius 1 is 1.25 bits per heavy atom. The van der Waals surface area contributed by atoms with E-state index < -0.39 is 0 Å².